The maximum absolute atomic E-state index is 13.3. The Morgan fingerprint density at radius 3 is 2.41 bits per heavy atom. The summed E-state index contributed by atoms with van der Waals surface area (Å²) in [6.07, 6.45) is 7.26. The van der Waals surface area contributed by atoms with E-state index in [1.165, 1.54) is 6.42 Å². The molecule has 0 aliphatic carbocycles. The third kappa shape index (κ3) is 4.42. The summed E-state index contributed by atoms with van der Waals surface area (Å²) in [7, 11) is 4.25. The van der Waals surface area contributed by atoms with Crippen LogP contribution >= 0.6 is 0 Å². The average molecular weight is 394 g/mol. The summed E-state index contributed by atoms with van der Waals surface area (Å²) < 4.78 is 0. The lowest BCUT2D eigenvalue weighted by Gasteiger charge is -2.37. The fourth-order valence-electron chi connectivity index (χ4n) is 4.34. The van der Waals surface area contributed by atoms with E-state index in [9.17, 15) is 4.79 Å². The van der Waals surface area contributed by atoms with Gasteiger partial charge in [0.05, 0.1) is 0 Å². The van der Waals surface area contributed by atoms with Crippen molar-refractivity contribution in [2.24, 2.45) is 0 Å². The van der Waals surface area contributed by atoms with Gasteiger partial charge in [0.1, 0.15) is 11.4 Å². The first kappa shape index (κ1) is 19.8. The standard InChI is InChI=1S/C23H31N5O/c1-26-15-11-19(12-16-26)27(2)22-20(23(29)28-13-7-4-8-14-28)17-24-21(25-22)18-9-5-3-6-10-18/h3,5-6,9-10,17,19H,4,7-8,11-16H2,1-2H3. The summed E-state index contributed by atoms with van der Waals surface area (Å²) in [4.78, 5) is 29.3. The second-order valence-corrected chi connectivity index (χ2v) is 8.30. The van der Waals surface area contributed by atoms with Crippen molar-refractivity contribution in [3.63, 3.8) is 0 Å². The predicted molar refractivity (Wildman–Crippen MR) is 116 cm³/mol. The summed E-state index contributed by atoms with van der Waals surface area (Å²) in [5.74, 6) is 1.51. The molecule has 2 aromatic rings. The molecule has 1 amide bonds. The van der Waals surface area contributed by atoms with Gasteiger partial charge in [-0.25, -0.2) is 9.97 Å². The molecule has 2 aliphatic heterocycles. The Bertz CT molecular complexity index is 826. The molecule has 2 fully saturated rings. The van der Waals surface area contributed by atoms with Crippen molar-refractivity contribution in [2.45, 2.75) is 38.1 Å². The van der Waals surface area contributed by atoms with Crippen molar-refractivity contribution >= 4 is 11.7 Å². The number of rotatable bonds is 4. The van der Waals surface area contributed by atoms with Crippen molar-refractivity contribution in [1.82, 2.24) is 19.8 Å². The van der Waals surface area contributed by atoms with E-state index in [2.05, 4.69) is 28.9 Å². The van der Waals surface area contributed by atoms with Crippen LogP contribution < -0.4 is 4.90 Å². The first-order chi connectivity index (χ1) is 14.1. The average Bonchev–Trinajstić information content (AvgIpc) is 2.79. The van der Waals surface area contributed by atoms with Crippen LogP contribution in [-0.4, -0.2) is 72.0 Å². The van der Waals surface area contributed by atoms with Crippen LogP contribution in [0.5, 0.6) is 0 Å². The maximum Gasteiger partial charge on any atom is 0.259 e. The van der Waals surface area contributed by atoms with E-state index in [4.69, 9.17) is 4.98 Å². The van der Waals surface area contributed by atoms with Gasteiger partial charge in [0.15, 0.2) is 5.82 Å². The van der Waals surface area contributed by atoms with Crippen molar-refractivity contribution in [1.29, 1.82) is 0 Å². The number of hydrogen-bond acceptors (Lipinski definition) is 5. The molecule has 4 rings (SSSR count). The van der Waals surface area contributed by atoms with Gasteiger partial charge in [-0.15, -0.1) is 0 Å². The summed E-state index contributed by atoms with van der Waals surface area (Å²) in [6.45, 7) is 3.80. The molecule has 0 saturated carbocycles. The van der Waals surface area contributed by atoms with Crippen LogP contribution in [0.15, 0.2) is 36.5 Å². The lowest BCUT2D eigenvalue weighted by Crippen LogP contribution is -2.43. The molecule has 1 aromatic heterocycles. The predicted octanol–water partition coefficient (Wildman–Crippen LogP) is 3.30. The van der Waals surface area contributed by atoms with E-state index in [0.29, 0.717) is 17.4 Å². The first-order valence-electron chi connectivity index (χ1n) is 10.8. The Balaban J connectivity index is 1.68. The molecule has 0 N–H and O–H groups in total. The second kappa shape index (κ2) is 8.91. The Hall–Kier alpha value is -2.47. The minimum absolute atomic E-state index is 0.0686. The molecular formula is C23H31N5O. The number of carbonyl (C=O) groups is 1. The highest BCUT2D eigenvalue weighted by Crippen LogP contribution is 2.27. The lowest BCUT2D eigenvalue weighted by molar-refractivity contribution is 0.0724. The Morgan fingerprint density at radius 2 is 1.72 bits per heavy atom. The summed E-state index contributed by atoms with van der Waals surface area (Å²) in [5.41, 5.74) is 1.61. The number of carbonyl (C=O) groups excluding carboxylic acids is 1. The molecule has 6 nitrogen and oxygen atoms in total. The summed E-state index contributed by atoms with van der Waals surface area (Å²) in [6, 6.07) is 10.4. The van der Waals surface area contributed by atoms with Crippen molar-refractivity contribution in [3.05, 3.63) is 42.1 Å². The molecule has 0 unspecified atom stereocenters. The number of nitrogens with zero attached hydrogens (tertiary/aromatic N) is 5. The Kier molecular flexibility index (Phi) is 6.09. The van der Waals surface area contributed by atoms with Gasteiger partial charge < -0.3 is 14.7 Å². The minimum atomic E-state index is 0.0686. The largest absolute Gasteiger partial charge is 0.356 e. The van der Waals surface area contributed by atoms with E-state index in [0.717, 1.165) is 63.2 Å². The minimum Gasteiger partial charge on any atom is -0.356 e. The Labute approximate surface area is 173 Å². The molecule has 2 saturated heterocycles. The summed E-state index contributed by atoms with van der Waals surface area (Å²) in [5, 5.41) is 0. The third-order valence-electron chi connectivity index (χ3n) is 6.24. The third-order valence-corrected chi connectivity index (χ3v) is 6.24. The number of benzene rings is 1. The maximum atomic E-state index is 13.3. The van der Waals surface area contributed by atoms with Crippen LogP contribution in [0.4, 0.5) is 5.82 Å². The van der Waals surface area contributed by atoms with E-state index in [-0.39, 0.29) is 5.91 Å². The van der Waals surface area contributed by atoms with Gasteiger partial charge in [0.2, 0.25) is 0 Å². The number of piperidine rings is 2. The molecule has 0 spiro atoms. The fourth-order valence-corrected chi connectivity index (χ4v) is 4.34. The van der Waals surface area contributed by atoms with Crippen molar-refractivity contribution in [2.75, 3.05) is 45.2 Å². The number of likely N-dealkylation sites (tertiary alicyclic amines) is 2. The molecule has 2 aliphatic rings. The molecular weight excluding hydrogens is 362 g/mol. The highest BCUT2D eigenvalue weighted by Gasteiger charge is 2.28. The zero-order valence-electron chi connectivity index (χ0n) is 17.5. The number of anilines is 1. The highest BCUT2D eigenvalue weighted by atomic mass is 16.2. The smallest absolute Gasteiger partial charge is 0.259 e. The SMILES string of the molecule is CN1CCC(N(C)c2nc(-c3ccccc3)ncc2C(=O)N2CCCCC2)CC1. The topological polar surface area (TPSA) is 52.6 Å². The Morgan fingerprint density at radius 1 is 1.03 bits per heavy atom. The number of aromatic nitrogens is 2. The van der Waals surface area contributed by atoms with Gasteiger partial charge in [0.25, 0.3) is 5.91 Å². The van der Waals surface area contributed by atoms with Gasteiger partial charge in [0, 0.05) is 37.9 Å². The van der Waals surface area contributed by atoms with Gasteiger partial charge >= 0.3 is 0 Å². The molecule has 1 aromatic carbocycles. The highest BCUT2D eigenvalue weighted by molar-refractivity contribution is 5.99. The normalized spacial score (nSPS) is 18.6. The molecule has 0 radical (unpaired) electrons. The van der Waals surface area contributed by atoms with Crippen LogP contribution in [0.2, 0.25) is 0 Å². The van der Waals surface area contributed by atoms with E-state index >= 15 is 0 Å². The molecule has 29 heavy (non-hydrogen) atoms. The van der Waals surface area contributed by atoms with Gasteiger partial charge in [-0.1, -0.05) is 30.3 Å². The van der Waals surface area contributed by atoms with Crippen molar-refractivity contribution in [3.8, 4) is 11.4 Å². The monoisotopic (exact) mass is 393 g/mol. The van der Waals surface area contributed by atoms with Gasteiger partial charge in [-0.2, -0.15) is 0 Å². The van der Waals surface area contributed by atoms with Crippen LogP contribution in [0.25, 0.3) is 11.4 Å². The van der Waals surface area contributed by atoms with Crippen molar-refractivity contribution < 1.29 is 4.79 Å². The van der Waals surface area contributed by atoms with E-state index < -0.39 is 0 Å². The van der Waals surface area contributed by atoms with Crippen LogP contribution in [-0.2, 0) is 0 Å². The van der Waals surface area contributed by atoms with Crippen LogP contribution in [0, 0.1) is 0 Å². The summed E-state index contributed by atoms with van der Waals surface area (Å²) >= 11 is 0. The first-order valence-corrected chi connectivity index (χ1v) is 10.8. The molecule has 0 atom stereocenters. The number of amides is 1. The van der Waals surface area contributed by atoms with Gasteiger partial charge in [-0.05, 0) is 52.2 Å². The zero-order chi connectivity index (χ0) is 20.2. The molecule has 6 heteroatoms. The van der Waals surface area contributed by atoms with E-state index in [1.807, 2.05) is 35.2 Å². The lowest BCUT2D eigenvalue weighted by atomic mass is 10.0. The molecule has 3 heterocycles. The van der Waals surface area contributed by atoms with Gasteiger partial charge in [-0.3, -0.25) is 4.79 Å². The van der Waals surface area contributed by atoms with E-state index in [1.54, 1.807) is 6.20 Å². The molecule has 0 bridgehead atoms. The fraction of sp³-hybridized carbons (Fsp3) is 0.522. The van der Waals surface area contributed by atoms with Crippen LogP contribution in [0.3, 0.4) is 0 Å². The van der Waals surface area contributed by atoms with Crippen LogP contribution in [0.1, 0.15) is 42.5 Å². The molecule has 154 valence electrons. The second-order valence-electron chi connectivity index (χ2n) is 8.30. The zero-order valence-corrected chi connectivity index (χ0v) is 17.5. The number of hydrogen-bond donors (Lipinski definition) is 0. The quantitative estimate of drug-likeness (QED) is 0.798.